The molecule has 4 aromatic rings. The summed E-state index contributed by atoms with van der Waals surface area (Å²) in [5.74, 6) is -0.348. The van der Waals surface area contributed by atoms with E-state index < -0.39 is 0 Å². The van der Waals surface area contributed by atoms with E-state index in [1.807, 2.05) is 46.5 Å². The lowest BCUT2D eigenvalue weighted by Crippen LogP contribution is -2.08. The summed E-state index contributed by atoms with van der Waals surface area (Å²) in [5.41, 5.74) is 3.10. The SMILES string of the molecule is O=C(Cc1noc2ccccc12)OCc1csc(-c2ccsc2)n1. The van der Waals surface area contributed by atoms with Crippen LogP contribution in [0.15, 0.2) is 51.0 Å². The second-order valence-corrected chi connectivity index (χ2v) is 6.76. The topological polar surface area (TPSA) is 65.2 Å². The van der Waals surface area contributed by atoms with E-state index in [2.05, 4.69) is 10.1 Å². The molecule has 0 N–H and O–H groups in total. The van der Waals surface area contributed by atoms with Gasteiger partial charge in [-0.3, -0.25) is 4.79 Å². The number of para-hydroxylation sites is 1. The van der Waals surface area contributed by atoms with E-state index in [9.17, 15) is 4.79 Å². The molecule has 0 aliphatic heterocycles. The molecule has 0 radical (unpaired) electrons. The second kappa shape index (κ2) is 6.54. The number of hydrogen-bond acceptors (Lipinski definition) is 7. The van der Waals surface area contributed by atoms with Crippen molar-refractivity contribution in [2.45, 2.75) is 13.0 Å². The fourth-order valence-corrected chi connectivity index (χ4v) is 3.82. The van der Waals surface area contributed by atoms with Crippen LogP contribution in [0.1, 0.15) is 11.4 Å². The molecular weight excluding hydrogens is 344 g/mol. The average Bonchev–Trinajstić information content (AvgIpc) is 3.34. The van der Waals surface area contributed by atoms with Crippen molar-refractivity contribution in [3.63, 3.8) is 0 Å². The van der Waals surface area contributed by atoms with Gasteiger partial charge in [0.25, 0.3) is 0 Å². The third kappa shape index (κ3) is 3.08. The summed E-state index contributed by atoms with van der Waals surface area (Å²) in [6, 6.07) is 9.47. The molecular formula is C17H12N2O3S2. The zero-order chi connectivity index (χ0) is 16.4. The number of rotatable bonds is 5. The molecule has 0 atom stereocenters. The first-order valence-corrected chi connectivity index (χ1v) is 9.08. The van der Waals surface area contributed by atoms with Gasteiger partial charge in [0.1, 0.15) is 17.3 Å². The second-order valence-electron chi connectivity index (χ2n) is 5.12. The standard InChI is InChI=1S/C17H12N2O3S2/c20-16(7-14-13-3-1-2-4-15(13)22-19-14)21-8-12-10-24-17(18-12)11-5-6-23-9-11/h1-6,9-10H,7-8H2. The fraction of sp³-hybridized carbons (Fsp3) is 0.118. The minimum atomic E-state index is -0.348. The normalized spacial score (nSPS) is 11.0. The Hall–Kier alpha value is -2.51. The molecule has 24 heavy (non-hydrogen) atoms. The number of carbonyl (C=O) groups excluding carboxylic acids is 1. The third-order valence-electron chi connectivity index (χ3n) is 3.46. The molecule has 3 heterocycles. The molecule has 0 aliphatic carbocycles. The molecule has 0 spiro atoms. The Morgan fingerprint density at radius 1 is 1.21 bits per heavy atom. The molecule has 0 unspecified atom stereocenters. The van der Waals surface area contributed by atoms with Crippen molar-refractivity contribution in [2.75, 3.05) is 0 Å². The molecule has 0 fully saturated rings. The van der Waals surface area contributed by atoms with Crippen LogP contribution in [0.4, 0.5) is 0 Å². The van der Waals surface area contributed by atoms with Crippen LogP contribution in [0.3, 0.4) is 0 Å². The van der Waals surface area contributed by atoms with E-state index >= 15 is 0 Å². The van der Waals surface area contributed by atoms with Gasteiger partial charge in [0.05, 0.1) is 12.1 Å². The van der Waals surface area contributed by atoms with Crippen molar-refractivity contribution in [1.82, 2.24) is 10.1 Å². The summed E-state index contributed by atoms with van der Waals surface area (Å²) in [7, 11) is 0. The van der Waals surface area contributed by atoms with Crippen molar-refractivity contribution < 1.29 is 14.1 Å². The van der Waals surface area contributed by atoms with Crippen LogP contribution in [0.25, 0.3) is 21.5 Å². The average molecular weight is 356 g/mol. The molecule has 120 valence electrons. The van der Waals surface area contributed by atoms with E-state index in [4.69, 9.17) is 9.26 Å². The van der Waals surface area contributed by atoms with Gasteiger partial charge < -0.3 is 9.26 Å². The van der Waals surface area contributed by atoms with Gasteiger partial charge in [-0.15, -0.1) is 11.3 Å². The van der Waals surface area contributed by atoms with Crippen molar-refractivity contribution in [3.8, 4) is 10.6 Å². The van der Waals surface area contributed by atoms with E-state index in [0.717, 1.165) is 21.7 Å². The summed E-state index contributed by atoms with van der Waals surface area (Å²) in [4.78, 5) is 16.5. The van der Waals surface area contributed by atoms with Gasteiger partial charge in [0.2, 0.25) is 0 Å². The molecule has 0 saturated heterocycles. The Morgan fingerprint density at radius 3 is 3.00 bits per heavy atom. The zero-order valence-electron chi connectivity index (χ0n) is 12.5. The van der Waals surface area contributed by atoms with Crippen molar-refractivity contribution >= 4 is 39.6 Å². The van der Waals surface area contributed by atoms with Crippen molar-refractivity contribution in [2.24, 2.45) is 0 Å². The maximum absolute atomic E-state index is 12.0. The van der Waals surface area contributed by atoms with Crippen LogP contribution in [-0.4, -0.2) is 16.1 Å². The van der Waals surface area contributed by atoms with Crippen LogP contribution in [0.5, 0.6) is 0 Å². The molecule has 0 aliphatic rings. The van der Waals surface area contributed by atoms with Gasteiger partial charge in [-0.05, 0) is 23.6 Å². The largest absolute Gasteiger partial charge is 0.459 e. The highest BCUT2D eigenvalue weighted by Gasteiger charge is 2.14. The molecule has 3 aromatic heterocycles. The number of aromatic nitrogens is 2. The summed E-state index contributed by atoms with van der Waals surface area (Å²) < 4.78 is 10.5. The number of nitrogens with zero attached hydrogens (tertiary/aromatic N) is 2. The van der Waals surface area contributed by atoms with Gasteiger partial charge in [-0.2, -0.15) is 11.3 Å². The quantitative estimate of drug-likeness (QED) is 0.499. The molecule has 7 heteroatoms. The van der Waals surface area contributed by atoms with Gasteiger partial charge in [-0.25, -0.2) is 4.98 Å². The smallest absolute Gasteiger partial charge is 0.312 e. The highest BCUT2D eigenvalue weighted by atomic mass is 32.1. The number of carbonyl (C=O) groups is 1. The number of fused-ring (bicyclic) bond motifs is 1. The molecule has 1 aromatic carbocycles. The number of esters is 1. The van der Waals surface area contributed by atoms with Crippen molar-refractivity contribution in [1.29, 1.82) is 0 Å². The Labute approximate surface area is 145 Å². The van der Waals surface area contributed by atoms with E-state index in [0.29, 0.717) is 11.3 Å². The minimum absolute atomic E-state index is 0.0819. The maximum Gasteiger partial charge on any atom is 0.312 e. The van der Waals surface area contributed by atoms with Crippen molar-refractivity contribution in [3.05, 3.63) is 57.9 Å². The lowest BCUT2D eigenvalue weighted by Gasteiger charge is -2.01. The monoisotopic (exact) mass is 356 g/mol. The Morgan fingerprint density at radius 2 is 2.12 bits per heavy atom. The lowest BCUT2D eigenvalue weighted by atomic mass is 10.2. The van der Waals surface area contributed by atoms with E-state index in [-0.39, 0.29) is 19.0 Å². The van der Waals surface area contributed by atoms with Gasteiger partial charge >= 0.3 is 5.97 Å². The highest BCUT2D eigenvalue weighted by Crippen LogP contribution is 2.26. The van der Waals surface area contributed by atoms with E-state index in [1.54, 1.807) is 22.7 Å². The van der Waals surface area contributed by atoms with Crippen LogP contribution < -0.4 is 0 Å². The number of thiazole rings is 1. The predicted molar refractivity (Wildman–Crippen MR) is 92.9 cm³/mol. The first kappa shape index (κ1) is 15.0. The molecule has 5 nitrogen and oxygen atoms in total. The number of ether oxygens (including phenoxy) is 1. The molecule has 0 amide bonds. The predicted octanol–water partition coefficient (Wildman–Crippen LogP) is 4.30. The number of thiophene rings is 1. The Bertz CT molecular complexity index is 973. The molecule has 0 saturated carbocycles. The fourth-order valence-electron chi connectivity index (χ4n) is 2.30. The maximum atomic E-state index is 12.0. The number of hydrogen-bond donors (Lipinski definition) is 0. The summed E-state index contributed by atoms with van der Waals surface area (Å²) >= 11 is 3.17. The minimum Gasteiger partial charge on any atom is -0.459 e. The van der Waals surface area contributed by atoms with Crippen LogP contribution >= 0.6 is 22.7 Å². The van der Waals surface area contributed by atoms with E-state index in [1.165, 1.54) is 0 Å². The number of benzene rings is 1. The van der Waals surface area contributed by atoms with Gasteiger partial charge in [0, 0.05) is 21.7 Å². The van der Waals surface area contributed by atoms with Crippen LogP contribution in [-0.2, 0) is 22.6 Å². The highest BCUT2D eigenvalue weighted by molar-refractivity contribution is 7.14. The van der Waals surface area contributed by atoms with Crippen LogP contribution in [0, 0.1) is 0 Å². The Kier molecular flexibility index (Phi) is 4.10. The first-order chi connectivity index (χ1) is 11.8. The van der Waals surface area contributed by atoms with Crippen LogP contribution in [0.2, 0.25) is 0 Å². The third-order valence-corrected chi connectivity index (χ3v) is 5.09. The lowest BCUT2D eigenvalue weighted by molar-refractivity contribution is -0.144. The Balaban J connectivity index is 1.38. The zero-order valence-corrected chi connectivity index (χ0v) is 14.1. The summed E-state index contributed by atoms with van der Waals surface area (Å²) in [6.45, 7) is 0.162. The summed E-state index contributed by atoms with van der Waals surface area (Å²) in [5, 5.41) is 11.7. The first-order valence-electron chi connectivity index (χ1n) is 7.25. The van der Waals surface area contributed by atoms with Gasteiger partial charge in [0.15, 0.2) is 5.58 Å². The molecule has 0 bridgehead atoms. The molecule has 4 rings (SSSR count). The van der Waals surface area contributed by atoms with Gasteiger partial charge in [-0.1, -0.05) is 17.3 Å². The summed E-state index contributed by atoms with van der Waals surface area (Å²) in [6.07, 6.45) is 0.0819.